The maximum atomic E-state index is 12.3. The lowest BCUT2D eigenvalue weighted by atomic mass is 10.0. The Morgan fingerprint density at radius 3 is 2.48 bits per heavy atom. The molecular formula is C23H22N2O5S. The average molecular weight is 439 g/mol. The summed E-state index contributed by atoms with van der Waals surface area (Å²) in [4.78, 5) is 35.8. The van der Waals surface area contributed by atoms with Crippen LogP contribution in [-0.2, 0) is 20.7 Å². The lowest BCUT2D eigenvalue weighted by Crippen LogP contribution is -2.32. The zero-order chi connectivity index (χ0) is 22.2. The van der Waals surface area contributed by atoms with Crippen molar-refractivity contribution in [2.75, 3.05) is 11.9 Å². The van der Waals surface area contributed by atoms with Gasteiger partial charge in [0.1, 0.15) is 10.8 Å². The minimum atomic E-state index is -1.07. The van der Waals surface area contributed by atoms with Crippen LogP contribution < -0.4 is 15.8 Å². The highest BCUT2D eigenvalue weighted by Gasteiger charge is 2.21. The summed E-state index contributed by atoms with van der Waals surface area (Å²) in [6.07, 6.45) is -0.410. The van der Waals surface area contributed by atoms with Crippen LogP contribution in [0.3, 0.4) is 0 Å². The summed E-state index contributed by atoms with van der Waals surface area (Å²) in [5, 5.41) is 4.49. The molecule has 1 heterocycles. The number of thiophene rings is 1. The van der Waals surface area contributed by atoms with E-state index in [9.17, 15) is 14.4 Å². The topological polar surface area (TPSA) is 108 Å². The van der Waals surface area contributed by atoms with Crippen molar-refractivity contribution in [3.63, 3.8) is 0 Å². The Balaban J connectivity index is 1.53. The molecule has 31 heavy (non-hydrogen) atoms. The summed E-state index contributed by atoms with van der Waals surface area (Å²) in [5.41, 5.74) is 7.52. The fourth-order valence-corrected chi connectivity index (χ4v) is 3.64. The van der Waals surface area contributed by atoms with Crippen molar-refractivity contribution in [3.05, 3.63) is 82.7 Å². The molecule has 1 aromatic heterocycles. The molecule has 0 aliphatic rings. The van der Waals surface area contributed by atoms with Crippen LogP contribution in [0.25, 0.3) is 0 Å². The first-order chi connectivity index (χ1) is 14.9. The highest BCUT2D eigenvalue weighted by atomic mass is 32.1. The van der Waals surface area contributed by atoms with Gasteiger partial charge < -0.3 is 20.5 Å². The molecule has 0 saturated heterocycles. The molecular weight excluding hydrogens is 416 g/mol. The molecule has 2 aromatic carbocycles. The fraction of sp³-hybridized carbons (Fsp3) is 0.174. The van der Waals surface area contributed by atoms with Crippen LogP contribution in [0.4, 0.5) is 5.00 Å². The van der Waals surface area contributed by atoms with Crippen LogP contribution in [0.15, 0.2) is 66.0 Å². The number of esters is 1. The first kappa shape index (κ1) is 22.0. The zero-order valence-corrected chi connectivity index (χ0v) is 17.7. The van der Waals surface area contributed by atoms with E-state index < -0.39 is 23.9 Å². The van der Waals surface area contributed by atoms with E-state index >= 15 is 0 Å². The van der Waals surface area contributed by atoms with Crippen molar-refractivity contribution < 1.29 is 23.9 Å². The van der Waals surface area contributed by atoms with Gasteiger partial charge in [-0.25, -0.2) is 4.79 Å². The van der Waals surface area contributed by atoms with Crippen LogP contribution in [0.5, 0.6) is 5.75 Å². The highest BCUT2D eigenvalue weighted by molar-refractivity contribution is 7.14. The van der Waals surface area contributed by atoms with Gasteiger partial charge in [-0.15, -0.1) is 11.3 Å². The van der Waals surface area contributed by atoms with Gasteiger partial charge in [-0.3, -0.25) is 9.59 Å². The molecule has 0 radical (unpaired) electrons. The lowest BCUT2D eigenvalue weighted by molar-refractivity contribution is -0.155. The lowest BCUT2D eigenvalue weighted by Gasteiger charge is -2.15. The van der Waals surface area contributed by atoms with E-state index in [1.54, 1.807) is 11.4 Å². The number of amides is 2. The number of carbonyl (C=O) groups is 3. The SMILES string of the molecule is CC(OC(=O)COc1ccccc1Cc1ccccc1)C(=O)Nc1sccc1C(N)=O. The van der Waals surface area contributed by atoms with Gasteiger partial charge in [-0.2, -0.15) is 0 Å². The number of anilines is 1. The first-order valence-corrected chi connectivity index (χ1v) is 10.4. The van der Waals surface area contributed by atoms with E-state index in [0.29, 0.717) is 17.2 Å². The smallest absolute Gasteiger partial charge is 0.344 e. The molecule has 1 atom stereocenters. The number of para-hydroxylation sites is 1. The Morgan fingerprint density at radius 2 is 1.74 bits per heavy atom. The van der Waals surface area contributed by atoms with Crippen LogP contribution in [0, 0.1) is 0 Å². The monoisotopic (exact) mass is 438 g/mol. The number of carbonyl (C=O) groups excluding carboxylic acids is 3. The standard InChI is InChI=1S/C23H22N2O5S/c1-15(22(28)25-23-18(21(24)27)11-12-31-23)30-20(26)14-29-19-10-6-5-9-17(19)13-16-7-3-2-4-8-16/h2-12,15H,13-14H2,1H3,(H2,24,27)(H,25,28). The van der Waals surface area contributed by atoms with Crippen LogP contribution >= 0.6 is 11.3 Å². The van der Waals surface area contributed by atoms with Crippen molar-refractivity contribution in [2.45, 2.75) is 19.4 Å². The Bertz CT molecular complexity index is 1060. The predicted octanol–water partition coefficient (Wildman–Crippen LogP) is 3.39. The molecule has 0 fully saturated rings. The Kier molecular flexibility index (Phi) is 7.40. The molecule has 0 spiro atoms. The largest absolute Gasteiger partial charge is 0.482 e. The van der Waals surface area contributed by atoms with Gasteiger partial charge in [-0.05, 0) is 35.6 Å². The second-order valence-electron chi connectivity index (χ2n) is 6.71. The van der Waals surface area contributed by atoms with E-state index in [1.165, 1.54) is 13.0 Å². The number of nitrogens with two attached hydrogens (primary N) is 1. The summed E-state index contributed by atoms with van der Waals surface area (Å²) in [7, 11) is 0. The normalized spacial score (nSPS) is 11.4. The van der Waals surface area contributed by atoms with E-state index in [2.05, 4.69) is 5.32 Å². The summed E-state index contributed by atoms with van der Waals surface area (Å²) in [6, 6.07) is 18.9. The summed E-state index contributed by atoms with van der Waals surface area (Å²) in [5.74, 6) is -1.32. The third-order valence-corrected chi connectivity index (χ3v) is 5.23. The molecule has 3 aromatic rings. The van der Waals surface area contributed by atoms with Gasteiger partial charge in [0.05, 0.1) is 5.56 Å². The minimum absolute atomic E-state index is 0.204. The quantitative estimate of drug-likeness (QED) is 0.498. The Morgan fingerprint density at radius 1 is 1.03 bits per heavy atom. The molecule has 160 valence electrons. The summed E-state index contributed by atoms with van der Waals surface area (Å²) >= 11 is 1.15. The van der Waals surface area contributed by atoms with Gasteiger partial charge in [0, 0.05) is 6.42 Å². The summed E-state index contributed by atoms with van der Waals surface area (Å²) in [6.45, 7) is 1.10. The molecule has 3 rings (SSSR count). The van der Waals surface area contributed by atoms with E-state index in [1.807, 2.05) is 48.5 Å². The average Bonchev–Trinajstić information content (AvgIpc) is 3.22. The van der Waals surface area contributed by atoms with E-state index in [-0.39, 0.29) is 12.2 Å². The number of rotatable bonds is 9. The van der Waals surface area contributed by atoms with E-state index in [4.69, 9.17) is 15.2 Å². The molecule has 0 aliphatic carbocycles. The third kappa shape index (κ3) is 6.16. The Hall–Kier alpha value is -3.65. The minimum Gasteiger partial charge on any atom is -0.482 e. The van der Waals surface area contributed by atoms with Gasteiger partial charge in [0.15, 0.2) is 12.7 Å². The maximum absolute atomic E-state index is 12.3. The Labute approximate surface area is 183 Å². The molecule has 0 bridgehead atoms. The second kappa shape index (κ2) is 10.4. The molecule has 7 nitrogen and oxygen atoms in total. The highest BCUT2D eigenvalue weighted by Crippen LogP contribution is 2.23. The zero-order valence-electron chi connectivity index (χ0n) is 16.9. The van der Waals surface area contributed by atoms with Crippen molar-refractivity contribution in [1.82, 2.24) is 0 Å². The number of nitrogens with one attached hydrogen (secondary N) is 1. The van der Waals surface area contributed by atoms with Crippen LogP contribution in [0.2, 0.25) is 0 Å². The van der Waals surface area contributed by atoms with Gasteiger partial charge in [-0.1, -0.05) is 48.5 Å². The first-order valence-electron chi connectivity index (χ1n) is 9.56. The summed E-state index contributed by atoms with van der Waals surface area (Å²) < 4.78 is 10.8. The van der Waals surface area contributed by atoms with Crippen LogP contribution in [0.1, 0.15) is 28.4 Å². The van der Waals surface area contributed by atoms with Crippen LogP contribution in [-0.4, -0.2) is 30.5 Å². The number of primary amides is 1. The molecule has 2 amide bonds. The predicted molar refractivity (Wildman–Crippen MR) is 118 cm³/mol. The molecule has 3 N–H and O–H groups in total. The third-order valence-electron chi connectivity index (χ3n) is 4.40. The molecule has 0 aliphatic heterocycles. The number of ether oxygens (including phenoxy) is 2. The number of hydrogen-bond acceptors (Lipinski definition) is 6. The van der Waals surface area contributed by atoms with Gasteiger partial charge >= 0.3 is 5.97 Å². The van der Waals surface area contributed by atoms with Crippen molar-refractivity contribution in [1.29, 1.82) is 0 Å². The fourth-order valence-electron chi connectivity index (χ4n) is 2.84. The molecule has 1 unspecified atom stereocenters. The van der Waals surface area contributed by atoms with E-state index in [0.717, 1.165) is 22.5 Å². The molecule has 0 saturated carbocycles. The van der Waals surface area contributed by atoms with Crippen molar-refractivity contribution >= 4 is 34.1 Å². The second-order valence-corrected chi connectivity index (χ2v) is 7.62. The van der Waals surface area contributed by atoms with Crippen molar-refractivity contribution in [2.24, 2.45) is 5.73 Å². The number of hydrogen-bond donors (Lipinski definition) is 2. The maximum Gasteiger partial charge on any atom is 0.344 e. The van der Waals surface area contributed by atoms with Crippen molar-refractivity contribution in [3.8, 4) is 5.75 Å². The van der Waals surface area contributed by atoms with Gasteiger partial charge in [0.2, 0.25) is 0 Å². The molecule has 8 heteroatoms. The number of benzene rings is 2. The van der Waals surface area contributed by atoms with Gasteiger partial charge in [0.25, 0.3) is 11.8 Å².